The number of hydrogen-bond donors (Lipinski definition) is 1. The number of amides is 1. The van der Waals surface area contributed by atoms with Gasteiger partial charge in [0.15, 0.2) is 0 Å². The van der Waals surface area contributed by atoms with E-state index in [1.54, 1.807) is 35.2 Å². The molecule has 1 aliphatic heterocycles. The number of carbonyl (C=O) groups is 2. The molecule has 2 heterocycles. The highest BCUT2D eigenvalue weighted by Crippen LogP contribution is 2.35. The summed E-state index contributed by atoms with van der Waals surface area (Å²) in [4.78, 5) is 25.5. The third-order valence-electron chi connectivity index (χ3n) is 3.62. The molecular weight excluding hydrogens is 270 g/mol. The second kappa shape index (κ2) is 5.32. The van der Waals surface area contributed by atoms with E-state index in [0.29, 0.717) is 29.8 Å². The fourth-order valence-corrected chi connectivity index (χ4v) is 2.60. The third kappa shape index (κ3) is 2.35. The van der Waals surface area contributed by atoms with Gasteiger partial charge in [-0.2, -0.15) is 10.2 Å². The molecule has 0 fully saturated rings. The van der Waals surface area contributed by atoms with E-state index in [-0.39, 0.29) is 5.91 Å². The number of benzene rings is 1. The maximum atomic E-state index is 12.5. The first-order chi connectivity index (χ1) is 10.2. The van der Waals surface area contributed by atoms with E-state index in [4.69, 9.17) is 0 Å². The molecule has 1 N–H and O–H groups in total. The molecular formula is C15H13N3O3. The summed E-state index contributed by atoms with van der Waals surface area (Å²) >= 11 is 0. The predicted octanol–water partition coefficient (Wildman–Crippen LogP) is 1.70. The smallest absolute Gasteiger partial charge is 0.311 e. The van der Waals surface area contributed by atoms with Crippen LogP contribution < -0.4 is 4.90 Å². The molecule has 3 rings (SSSR count). The van der Waals surface area contributed by atoms with Crippen LogP contribution >= 0.6 is 0 Å². The minimum absolute atomic E-state index is 0.193. The largest absolute Gasteiger partial charge is 0.481 e. The van der Waals surface area contributed by atoms with E-state index in [9.17, 15) is 14.7 Å². The lowest BCUT2D eigenvalue weighted by molar-refractivity contribution is -0.139. The SMILES string of the molecule is O=C(O)C1CCN(C(=O)c2ccnnc2)c2ccccc21. The number of carboxylic acid groups (broad SMARTS) is 1. The molecule has 106 valence electrons. The molecule has 1 aliphatic rings. The molecule has 6 nitrogen and oxygen atoms in total. The number of carboxylic acids is 1. The Hall–Kier alpha value is -2.76. The van der Waals surface area contributed by atoms with E-state index >= 15 is 0 Å². The van der Waals surface area contributed by atoms with Crippen molar-refractivity contribution >= 4 is 17.6 Å². The molecule has 0 saturated carbocycles. The standard InChI is InChI=1S/C15H13N3O3/c19-14(10-5-7-16-17-9-10)18-8-6-12(15(20)21)11-3-1-2-4-13(11)18/h1-5,7,9,12H,6,8H2,(H,20,21). The Bertz CT molecular complexity index is 688. The van der Waals surface area contributed by atoms with E-state index < -0.39 is 11.9 Å². The van der Waals surface area contributed by atoms with Crippen molar-refractivity contribution in [2.45, 2.75) is 12.3 Å². The van der Waals surface area contributed by atoms with Crippen molar-refractivity contribution in [1.82, 2.24) is 10.2 Å². The van der Waals surface area contributed by atoms with Crippen molar-refractivity contribution in [3.63, 3.8) is 0 Å². The molecule has 0 spiro atoms. The Morgan fingerprint density at radius 3 is 2.71 bits per heavy atom. The van der Waals surface area contributed by atoms with Gasteiger partial charge in [0.1, 0.15) is 0 Å². The van der Waals surface area contributed by atoms with Crippen molar-refractivity contribution in [1.29, 1.82) is 0 Å². The van der Waals surface area contributed by atoms with Gasteiger partial charge in [-0.15, -0.1) is 0 Å². The van der Waals surface area contributed by atoms with E-state index in [2.05, 4.69) is 10.2 Å². The van der Waals surface area contributed by atoms with Gasteiger partial charge < -0.3 is 10.0 Å². The normalized spacial score (nSPS) is 17.1. The molecule has 0 saturated heterocycles. The first kappa shape index (κ1) is 13.2. The molecule has 2 aromatic rings. The summed E-state index contributed by atoms with van der Waals surface area (Å²) in [7, 11) is 0. The van der Waals surface area contributed by atoms with Crippen LogP contribution in [0.15, 0.2) is 42.7 Å². The van der Waals surface area contributed by atoms with E-state index in [0.717, 1.165) is 0 Å². The van der Waals surface area contributed by atoms with Gasteiger partial charge in [-0.05, 0) is 24.1 Å². The number of carbonyl (C=O) groups excluding carboxylic acids is 1. The molecule has 6 heteroatoms. The second-order valence-corrected chi connectivity index (χ2v) is 4.83. The lowest BCUT2D eigenvalue weighted by Gasteiger charge is -2.32. The van der Waals surface area contributed by atoms with Crippen molar-refractivity contribution < 1.29 is 14.7 Å². The van der Waals surface area contributed by atoms with Crippen LogP contribution in [0.3, 0.4) is 0 Å². The monoisotopic (exact) mass is 283 g/mol. The van der Waals surface area contributed by atoms with Gasteiger partial charge in [0.25, 0.3) is 5.91 Å². The van der Waals surface area contributed by atoms with Crippen LogP contribution in [0.1, 0.15) is 28.3 Å². The van der Waals surface area contributed by atoms with Gasteiger partial charge >= 0.3 is 5.97 Å². The zero-order chi connectivity index (χ0) is 14.8. The first-order valence-corrected chi connectivity index (χ1v) is 6.59. The van der Waals surface area contributed by atoms with Gasteiger partial charge in [-0.3, -0.25) is 9.59 Å². The van der Waals surface area contributed by atoms with E-state index in [1.807, 2.05) is 0 Å². The Morgan fingerprint density at radius 1 is 1.19 bits per heavy atom. The second-order valence-electron chi connectivity index (χ2n) is 4.83. The van der Waals surface area contributed by atoms with Crippen LogP contribution in [-0.2, 0) is 4.79 Å². The van der Waals surface area contributed by atoms with Crippen LogP contribution in [0.2, 0.25) is 0 Å². The fourth-order valence-electron chi connectivity index (χ4n) is 2.60. The fraction of sp³-hybridized carbons (Fsp3) is 0.200. The van der Waals surface area contributed by atoms with Gasteiger partial charge in [0.05, 0.1) is 23.9 Å². The van der Waals surface area contributed by atoms with Crippen LogP contribution in [-0.4, -0.2) is 33.7 Å². The van der Waals surface area contributed by atoms with Crippen LogP contribution in [0.4, 0.5) is 5.69 Å². The quantitative estimate of drug-likeness (QED) is 0.906. The van der Waals surface area contributed by atoms with Crippen molar-refractivity contribution in [2.24, 2.45) is 0 Å². The van der Waals surface area contributed by atoms with Crippen molar-refractivity contribution in [2.75, 3.05) is 11.4 Å². The average molecular weight is 283 g/mol. The summed E-state index contributed by atoms with van der Waals surface area (Å²) in [6.07, 6.45) is 3.27. The lowest BCUT2D eigenvalue weighted by atomic mass is 9.89. The maximum absolute atomic E-state index is 12.5. The highest BCUT2D eigenvalue weighted by Gasteiger charge is 2.32. The number of para-hydroxylation sites is 1. The zero-order valence-electron chi connectivity index (χ0n) is 11.1. The summed E-state index contributed by atoms with van der Waals surface area (Å²) in [5, 5.41) is 16.7. The summed E-state index contributed by atoms with van der Waals surface area (Å²) in [5.41, 5.74) is 1.76. The number of nitrogens with zero attached hydrogens (tertiary/aromatic N) is 3. The van der Waals surface area contributed by atoms with Gasteiger partial charge in [-0.25, -0.2) is 0 Å². The molecule has 1 atom stereocenters. The first-order valence-electron chi connectivity index (χ1n) is 6.59. The highest BCUT2D eigenvalue weighted by atomic mass is 16.4. The number of aromatic nitrogens is 2. The van der Waals surface area contributed by atoms with Gasteiger partial charge in [-0.1, -0.05) is 18.2 Å². The third-order valence-corrected chi connectivity index (χ3v) is 3.62. The lowest BCUT2D eigenvalue weighted by Crippen LogP contribution is -2.38. The zero-order valence-corrected chi connectivity index (χ0v) is 11.1. The van der Waals surface area contributed by atoms with E-state index in [1.165, 1.54) is 12.4 Å². The average Bonchev–Trinajstić information content (AvgIpc) is 2.54. The number of aliphatic carboxylic acids is 1. The molecule has 0 aliphatic carbocycles. The number of fused-ring (bicyclic) bond motifs is 1. The predicted molar refractivity (Wildman–Crippen MR) is 75.1 cm³/mol. The number of hydrogen-bond acceptors (Lipinski definition) is 4. The highest BCUT2D eigenvalue weighted by molar-refractivity contribution is 6.07. The molecule has 21 heavy (non-hydrogen) atoms. The minimum atomic E-state index is -0.861. The maximum Gasteiger partial charge on any atom is 0.311 e. The Labute approximate surface area is 121 Å². The summed E-state index contributed by atoms with van der Waals surface area (Å²) in [5.74, 6) is -1.62. The minimum Gasteiger partial charge on any atom is -0.481 e. The Balaban J connectivity index is 2.00. The summed E-state index contributed by atoms with van der Waals surface area (Å²) < 4.78 is 0. The van der Waals surface area contributed by atoms with Crippen LogP contribution in [0.5, 0.6) is 0 Å². The molecule has 1 aromatic carbocycles. The Kier molecular flexibility index (Phi) is 3.35. The van der Waals surface area contributed by atoms with Crippen LogP contribution in [0.25, 0.3) is 0 Å². The molecule has 1 amide bonds. The molecule has 0 bridgehead atoms. The number of anilines is 1. The van der Waals surface area contributed by atoms with Crippen LogP contribution in [0, 0.1) is 0 Å². The molecule has 1 aromatic heterocycles. The van der Waals surface area contributed by atoms with Crippen molar-refractivity contribution in [3.05, 3.63) is 53.9 Å². The summed E-state index contributed by atoms with van der Waals surface area (Å²) in [6.45, 7) is 0.370. The summed E-state index contributed by atoms with van der Waals surface area (Å²) in [6, 6.07) is 8.72. The molecule has 0 radical (unpaired) electrons. The van der Waals surface area contributed by atoms with Gasteiger partial charge in [0, 0.05) is 12.2 Å². The Morgan fingerprint density at radius 2 is 2.00 bits per heavy atom. The topological polar surface area (TPSA) is 83.4 Å². The number of rotatable bonds is 2. The van der Waals surface area contributed by atoms with Crippen molar-refractivity contribution in [3.8, 4) is 0 Å². The molecule has 1 unspecified atom stereocenters. The van der Waals surface area contributed by atoms with Gasteiger partial charge in [0.2, 0.25) is 0 Å².